The zero-order valence-electron chi connectivity index (χ0n) is 26.5. The molecule has 1 atom stereocenters. The highest BCUT2D eigenvalue weighted by Gasteiger charge is 2.25. The van der Waals surface area contributed by atoms with E-state index in [-0.39, 0.29) is 29.4 Å². The van der Waals surface area contributed by atoms with Gasteiger partial charge in [-0.2, -0.15) is 0 Å². The maximum atomic E-state index is 15.3. The Kier molecular flexibility index (Phi) is 12.1. The van der Waals surface area contributed by atoms with Crippen LogP contribution in [-0.2, 0) is 16.2 Å². The minimum atomic E-state index is -1.23. The van der Waals surface area contributed by atoms with Crippen LogP contribution >= 0.6 is 12.2 Å². The van der Waals surface area contributed by atoms with Gasteiger partial charge >= 0.3 is 0 Å². The summed E-state index contributed by atoms with van der Waals surface area (Å²) in [6.45, 7) is 18.1. The van der Waals surface area contributed by atoms with Crippen LogP contribution in [0.5, 0.6) is 11.5 Å². The van der Waals surface area contributed by atoms with Gasteiger partial charge in [0.05, 0.1) is 24.7 Å². The molecule has 0 aliphatic rings. The fourth-order valence-electron chi connectivity index (χ4n) is 4.21. The van der Waals surface area contributed by atoms with Crippen LogP contribution in [0.1, 0.15) is 46.1 Å². The second kappa shape index (κ2) is 14.9. The molecular formula is C31H46F2N4O4SSi. The monoisotopic (exact) mass is 636 g/mol. The van der Waals surface area contributed by atoms with E-state index in [4.69, 9.17) is 26.4 Å². The minimum Gasteiger partial charge on any atom is -0.450 e. The van der Waals surface area contributed by atoms with Gasteiger partial charge in [0.15, 0.2) is 22.5 Å². The Morgan fingerprint density at radius 3 is 2.42 bits per heavy atom. The smallest absolute Gasteiger partial charge is 0.198 e. The van der Waals surface area contributed by atoms with E-state index in [9.17, 15) is 5.11 Å². The van der Waals surface area contributed by atoms with Crippen LogP contribution in [0.4, 0.5) is 14.5 Å². The Morgan fingerprint density at radius 1 is 1.16 bits per heavy atom. The van der Waals surface area contributed by atoms with Gasteiger partial charge in [-0.05, 0) is 49.7 Å². The van der Waals surface area contributed by atoms with E-state index in [0.717, 1.165) is 23.7 Å². The highest BCUT2D eigenvalue weighted by atomic mass is 32.1. The Bertz CT molecular complexity index is 1370. The first-order chi connectivity index (χ1) is 20.1. The molecule has 2 heterocycles. The molecule has 0 bridgehead atoms. The van der Waals surface area contributed by atoms with Crippen LogP contribution in [0.2, 0.25) is 25.7 Å². The number of hydrogen-bond acceptors (Lipinski definition) is 6. The van der Waals surface area contributed by atoms with Gasteiger partial charge in [-0.15, -0.1) is 0 Å². The van der Waals surface area contributed by atoms with Gasteiger partial charge in [0.1, 0.15) is 18.1 Å². The van der Waals surface area contributed by atoms with Crippen molar-refractivity contribution in [1.82, 2.24) is 14.9 Å². The first-order valence-corrected chi connectivity index (χ1v) is 18.7. The third-order valence-corrected chi connectivity index (χ3v) is 8.84. The quantitative estimate of drug-likeness (QED) is 0.0913. The number of hydrogen-bond donors (Lipinski definition) is 3. The van der Waals surface area contributed by atoms with Crippen molar-refractivity contribution in [3.8, 4) is 11.5 Å². The topological polar surface area (TPSA) is 89.8 Å². The third kappa shape index (κ3) is 9.93. The summed E-state index contributed by atoms with van der Waals surface area (Å²) in [5, 5.41) is 16.4. The van der Waals surface area contributed by atoms with E-state index in [2.05, 4.69) is 35.3 Å². The molecule has 238 valence electrons. The van der Waals surface area contributed by atoms with Gasteiger partial charge in [-0.3, -0.25) is 0 Å². The number of rotatable bonds is 15. The summed E-state index contributed by atoms with van der Waals surface area (Å²) in [5.74, 6) is -1.89. The number of fused-ring (bicyclic) bond motifs is 1. The average Bonchev–Trinajstić information content (AvgIpc) is 3.30. The molecule has 0 aliphatic carbocycles. The van der Waals surface area contributed by atoms with Crippen molar-refractivity contribution in [2.45, 2.75) is 79.1 Å². The zero-order chi connectivity index (χ0) is 31.9. The predicted octanol–water partition coefficient (Wildman–Crippen LogP) is 7.25. The van der Waals surface area contributed by atoms with Gasteiger partial charge in [0.25, 0.3) is 0 Å². The number of aromatic nitrogens is 2. The van der Waals surface area contributed by atoms with Crippen molar-refractivity contribution < 1.29 is 28.1 Å². The Morgan fingerprint density at radius 2 is 1.84 bits per heavy atom. The summed E-state index contributed by atoms with van der Waals surface area (Å²) in [6.07, 6.45) is 3.54. The number of aliphatic hydroxyl groups excluding tert-OH is 1. The molecule has 0 radical (unpaired) electrons. The molecule has 8 nitrogen and oxygen atoms in total. The van der Waals surface area contributed by atoms with E-state index in [1.165, 1.54) is 0 Å². The number of anilines is 1. The maximum absolute atomic E-state index is 15.3. The van der Waals surface area contributed by atoms with Crippen molar-refractivity contribution in [1.29, 1.82) is 0 Å². The number of nitrogens with one attached hydrogen (secondary N) is 2. The molecule has 0 saturated carbocycles. The van der Waals surface area contributed by atoms with Gasteiger partial charge in [0, 0.05) is 56.9 Å². The Hall–Kier alpha value is -2.64. The summed E-state index contributed by atoms with van der Waals surface area (Å²) in [6, 6.07) is 4.90. The number of thiocarbonyl (C=S) groups is 1. The Labute approximate surface area is 260 Å². The molecule has 0 aliphatic heterocycles. The Balaban J connectivity index is 1.77. The molecule has 1 unspecified atom stereocenters. The first-order valence-electron chi connectivity index (χ1n) is 14.6. The molecule has 1 aromatic carbocycles. The molecular weight excluding hydrogens is 591 g/mol. The van der Waals surface area contributed by atoms with Gasteiger partial charge < -0.3 is 34.5 Å². The molecule has 12 heteroatoms. The molecule has 3 rings (SSSR count). The summed E-state index contributed by atoms with van der Waals surface area (Å²) >= 11 is 5.32. The highest BCUT2D eigenvalue weighted by molar-refractivity contribution is 7.80. The second-order valence-corrected chi connectivity index (χ2v) is 19.1. The fraction of sp³-hybridized carbons (Fsp3) is 0.548. The summed E-state index contributed by atoms with van der Waals surface area (Å²) in [5.41, 5.74) is 1.09. The lowest BCUT2D eigenvalue weighted by Gasteiger charge is -2.29. The lowest BCUT2D eigenvalue weighted by molar-refractivity contribution is -0.00872. The van der Waals surface area contributed by atoms with Crippen LogP contribution in [0.15, 0.2) is 30.6 Å². The number of aliphatic hydroxyl groups is 1. The number of benzene rings is 1. The van der Waals surface area contributed by atoms with Crippen LogP contribution in [0.25, 0.3) is 11.0 Å². The number of pyridine rings is 1. The van der Waals surface area contributed by atoms with Crippen LogP contribution in [0.3, 0.4) is 0 Å². The van der Waals surface area contributed by atoms with E-state index >= 15 is 8.78 Å². The molecule has 3 aromatic rings. The van der Waals surface area contributed by atoms with E-state index in [1.54, 1.807) is 12.3 Å². The van der Waals surface area contributed by atoms with Crippen molar-refractivity contribution in [2.75, 3.05) is 31.7 Å². The molecule has 3 N–H and O–H groups in total. The zero-order valence-corrected chi connectivity index (χ0v) is 28.3. The van der Waals surface area contributed by atoms with Crippen molar-refractivity contribution in [2.24, 2.45) is 5.41 Å². The van der Waals surface area contributed by atoms with Gasteiger partial charge in [-0.25, -0.2) is 13.8 Å². The largest absolute Gasteiger partial charge is 0.450 e. The number of ether oxygens (including phenoxy) is 3. The minimum absolute atomic E-state index is 0.0152. The lowest BCUT2D eigenvalue weighted by atomic mass is 9.93. The number of halogens is 2. The van der Waals surface area contributed by atoms with Gasteiger partial charge in [-0.1, -0.05) is 40.4 Å². The summed E-state index contributed by atoms with van der Waals surface area (Å²) in [4.78, 5) is 4.54. The first kappa shape index (κ1) is 34.8. The van der Waals surface area contributed by atoms with Crippen molar-refractivity contribution >= 4 is 42.1 Å². The normalized spacial score (nSPS) is 13.5. The third-order valence-electron chi connectivity index (χ3n) is 6.89. The van der Waals surface area contributed by atoms with E-state index < -0.39 is 30.9 Å². The molecule has 0 amide bonds. The molecule has 0 fully saturated rings. The van der Waals surface area contributed by atoms with Crippen molar-refractivity contribution in [3.63, 3.8) is 0 Å². The fourth-order valence-corrected chi connectivity index (χ4v) is 5.15. The van der Waals surface area contributed by atoms with Gasteiger partial charge in [0.2, 0.25) is 0 Å². The molecule has 0 saturated heterocycles. The van der Waals surface area contributed by atoms with Crippen LogP contribution in [0, 0.1) is 17.0 Å². The highest BCUT2D eigenvalue weighted by Crippen LogP contribution is 2.38. The second-order valence-electron chi connectivity index (χ2n) is 13.1. The van der Waals surface area contributed by atoms with E-state index in [0.29, 0.717) is 43.3 Å². The standard InChI is InChI=1S/C31H46F2N4O4SSi/c1-20(2)23-15-37(19-39-11-12-43(6,7)8)29-27(23)26(9-10-34-29)41-28-24(32)13-22(14-25(28)33)36-30(42)35-16-31(5,17-38)18-40-21(3)4/h9-10,13-15,20-21,38H,11-12,16-19H2,1-8H3,(H2,35,36,42). The van der Waals surface area contributed by atoms with Crippen LogP contribution in [-0.4, -0.2) is 60.3 Å². The number of nitrogens with zero attached hydrogens (tertiary/aromatic N) is 2. The molecule has 2 aromatic heterocycles. The average molecular weight is 637 g/mol. The lowest BCUT2D eigenvalue weighted by Crippen LogP contribution is -2.43. The summed E-state index contributed by atoms with van der Waals surface area (Å²) < 4.78 is 49.9. The molecule has 0 spiro atoms. The van der Waals surface area contributed by atoms with E-state index in [1.807, 2.05) is 45.4 Å². The van der Waals surface area contributed by atoms with Crippen LogP contribution < -0.4 is 15.4 Å². The SMILES string of the molecule is CC(C)OCC(C)(CO)CNC(=S)Nc1cc(F)c(Oc2ccnc3c2c(C(C)C)cn3COCC[Si](C)(C)C)c(F)c1. The molecule has 43 heavy (non-hydrogen) atoms. The predicted molar refractivity (Wildman–Crippen MR) is 175 cm³/mol. The van der Waals surface area contributed by atoms with Crippen molar-refractivity contribution in [3.05, 3.63) is 47.8 Å². The summed E-state index contributed by atoms with van der Waals surface area (Å²) in [7, 11) is -1.23. The maximum Gasteiger partial charge on any atom is 0.198 e.